The summed E-state index contributed by atoms with van der Waals surface area (Å²) in [6, 6.07) is 12.7. The predicted octanol–water partition coefficient (Wildman–Crippen LogP) is 3.54. The zero-order chi connectivity index (χ0) is 18.9. The van der Waals surface area contributed by atoms with Gasteiger partial charge in [0.15, 0.2) is 0 Å². The molecule has 0 bridgehead atoms. The van der Waals surface area contributed by atoms with Crippen molar-refractivity contribution in [3.63, 3.8) is 0 Å². The third kappa shape index (κ3) is 6.80. The minimum absolute atomic E-state index is 0.0722. The van der Waals surface area contributed by atoms with Gasteiger partial charge in [-0.3, -0.25) is 9.59 Å². The lowest BCUT2D eigenvalue weighted by Crippen LogP contribution is -2.15. The van der Waals surface area contributed by atoms with Gasteiger partial charge in [0.25, 0.3) is 0 Å². The van der Waals surface area contributed by atoms with Crippen LogP contribution in [0.2, 0.25) is 0 Å². The molecule has 6 heteroatoms. The number of nitrogens with one attached hydrogen (secondary N) is 1. The summed E-state index contributed by atoms with van der Waals surface area (Å²) in [5.41, 5.74) is 8.63. The monoisotopic (exact) mass is 372 g/mol. The maximum atomic E-state index is 11.9. The number of benzene rings is 2. The second kappa shape index (κ2) is 9.87. The van der Waals surface area contributed by atoms with Gasteiger partial charge in [-0.2, -0.15) is 11.8 Å². The number of carbonyl (C=O) groups excluding carboxylic acids is 2. The molecule has 2 aromatic rings. The number of ether oxygens (including phenoxy) is 1. The lowest BCUT2D eigenvalue weighted by atomic mass is 10.1. The normalized spacial score (nSPS) is 10.4. The fourth-order valence-electron chi connectivity index (χ4n) is 2.45. The highest BCUT2D eigenvalue weighted by atomic mass is 32.2. The molecule has 26 heavy (non-hydrogen) atoms. The van der Waals surface area contributed by atoms with Gasteiger partial charge in [-0.05, 0) is 73.5 Å². The first-order chi connectivity index (χ1) is 12.4. The Morgan fingerprint density at radius 1 is 1.08 bits per heavy atom. The quantitative estimate of drug-likeness (QED) is 0.660. The fraction of sp³-hybridized carbons (Fsp3) is 0.300. The molecule has 0 saturated heterocycles. The van der Waals surface area contributed by atoms with E-state index in [2.05, 4.69) is 25.2 Å². The van der Waals surface area contributed by atoms with Gasteiger partial charge in [0.1, 0.15) is 5.75 Å². The predicted molar refractivity (Wildman–Crippen MR) is 107 cm³/mol. The zero-order valence-electron chi connectivity index (χ0n) is 15.1. The molecule has 0 unspecified atom stereocenters. The molecular weight excluding hydrogens is 348 g/mol. The summed E-state index contributed by atoms with van der Waals surface area (Å²) in [6.07, 6.45) is 0.873. The Morgan fingerprint density at radius 3 is 2.35 bits per heavy atom. The van der Waals surface area contributed by atoms with Gasteiger partial charge in [0.2, 0.25) is 11.8 Å². The minimum atomic E-state index is -0.485. The van der Waals surface area contributed by atoms with Crippen molar-refractivity contribution in [2.24, 2.45) is 5.73 Å². The van der Waals surface area contributed by atoms with Gasteiger partial charge in [0.05, 0.1) is 12.4 Å². The van der Waals surface area contributed by atoms with Gasteiger partial charge in [-0.1, -0.05) is 6.07 Å². The Bertz CT molecular complexity index is 740. The number of carbonyl (C=O) groups is 2. The third-order valence-corrected chi connectivity index (χ3v) is 4.63. The molecule has 0 aromatic heterocycles. The summed E-state index contributed by atoms with van der Waals surface area (Å²) in [5.74, 6) is 1.56. The molecule has 0 aliphatic heterocycles. The molecule has 0 aliphatic carbocycles. The van der Waals surface area contributed by atoms with Crippen molar-refractivity contribution in [3.8, 4) is 5.75 Å². The van der Waals surface area contributed by atoms with Crippen LogP contribution in [0.5, 0.6) is 5.75 Å². The summed E-state index contributed by atoms with van der Waals surface area (Å²) in [4.78, 5) is 22.9. The van der Waals surface area contributed by atoms with Crippen LogP contribution in [0.25, 0.3) is 0 Å². The second-order valence-electron chi connectivity index (χ2n) is 6.07. The molecule has 0 fully saturated rings. The molecular formula is C20H24N2O3S. The highest BCUT2D eigenvalue weighted by Gasteiger charge is 2.04. The molecule has 0 heterocycles. The second-order valence-corrected chi connectivity index (χ2v) is 7.17. The first kappa shape index (κ1) is 19.8. The molecule has 2 rings (SSSR count). The Balaban J connectivity index is 1.61. The van der Waals surface area contributed by atoms with Gasteiger partial charge in [-0.25, -0.2) is 0 Å². The highest BCUT2D eigenvalue weighted by Crippen LogP contribution is 2.17. The van der Waals surface area contributed by atoms with E-state index in [4.69, 9.17) is 10.5 Å². The van der Waals surface area contributed by atoms with E-state index in [-0.39, 0.29) is 5.91 Å². The lowest BCUT2D eigenvalue weighted by Gasteiger charge is -2.08. The zero-order valence-corrected chi connectivity index (χ0v) is 15.9. The smallest absolute Gasteiger partial charge is 0.248 e. The number of amides is 2. The number of hydrogen-bond donors (Lipinski definition) is 2. The number of rotatable bonds is 9. The van der Waals surface area contributed by atoms with Crippen LogP contribution in [-0.4, -0.2) is 29.9 Å². The van der Waals surface area contributed by atoms with Crippen LogP contribution in [0.3, 0.4) is 0 Å². The Hall–Kier alpha value is -2.47. The van der Waals surface area contributed by atoms with Crippen LogP contribution in [0.4, 0.5) is 5.69 Å². The number of nitrogens with two attached hydrogens (primary N) is 1. The molecule has 138 valence electrons. The van der Waals surface area contributed by atoms with Crippen LogP contribution < -0.4 is 15.8 Å². The molecule has 3 N–H and O–H groups in total. The first-order valence-corrected chi connectivity index (χ1v) is 9.58. The third-order valence-electron chi connectivity index (χ3n) is 3.58. The van der Waals surface area contributed by atoms with E-state index >= 15 is 0 Å². The first-order valence-electron chi connectivity index (χ1n) is 8.42. The molecule has 0 aliphatic rings. The van der Waals surface area contributed by atoms with Gasteiger partial charge < -0.3 is 15.8 Å². The fourth-order valence-corrected chi connectivity index (χ4v) is 3.17. The van der Waals surface area contributed by atoms with Crippen LogP contribution in [0.15, 0.2) is 42.5 Å². The largest absolute Gasteiger partial charge is 0.494 e. The molecule has 0 spiro atoms. The van der Waals surface area contributed by atoms with E-state index in [1.807, 2.05) is 12.1 Å². The van der Waals surface area contributed by atoms with Crippen LogP contribution in [0.1, 0.15) is 27.9 Å². The summed E-state index contributed by atoms with van der Waals surface area (Å²) in [7, 11) is 0. The van der Waals surface area contributed by atoms with Crippen molar-refractivity contribution in [1.82, 2.24) is 0 Å². The Morgan fingerprint density at radius 2 is 1.73 bits per heavy atom. The van der Waals surface area contributed by atoms with Crippen LogP contribution in [-0.2, 0) is 4.79 Å². The average Bonchev–Trinajstić information content (AvgIpc) is 2.57. The SMILES string of the molecule is Cc1cc(C)cc(OCCCSCC(=O)Nc2ccc(C(N)=O)cc2)c1. The number of thioether (sulfide) groups is 1. The van der Waals surface area contributed by atoms with E-state index in [9.17, 15) is 9.59 Å². The van der Waals surface area contributed by atoms with E-state index in [1.165, 1.54) is 11.1 Å². The molecule has 2 amide bonds. The standard InChI is InChI=1S/C20H24N2O3S/c1-14-10-15(2)12-18(11-14)25-8-3-9-26-13-19(23)22-17-6-4-16(5-7-17)20(21)24/h4-7,10-12H,3,8-9,13H2,1-2H3,(H2,21,24)(H,22,23). The number of anilines is 1. The van der Waals surface area contributed by atoms with E-state index in [0.29, 0.717) is 23.6 Å². The number of aryl methyl sites for hydroxylation is 2. The molecule has 0 radical (unpaired) electrons. The molecule has 2 aromatic carbocycles. The van der Waals surface area contributed by atoms with Crippen molar-refractivity contribution in [3.05, 3.63) is 59.2 Å². The minimum Gasteiger partial charge on any atom is -0.494 e. The number of primary amides is 1. The lowest BCUT2D eigenvalue weighted by molar-refractivity contribution is -0.113. The maximum absolute atomic E-state index is 11.9. The topological polar surface area (TPSA) is 81.4 Å². The van der Waals surface area contributed by atoms with Crippen molar-refractivity contribution in [1.29, 1.82) is 0 Å². The van der Waals surface area contributed by atoms with Crippen molar-refractivity contribution in [2.45, 2.75) is 20.3 Å². The Kier molecular flexibility index (Phi) is 7.53. The molecule has 0 saturated carbocycles. The van der Waals surface area contributed by atoms with Crippen LogP contribution in [0, 0.1) is 13.8 Å². The summed E-state index contributed by atoms with van der Waals surface area (Å²) >= 11 is 1.56. The van der Waals surface area contributed by atoms with E-state index in [1.54, 1.807) is 36.0 Å². The maximum Gasteiger partial charge on any atom is 0.248 e. The number of hydrogen-bond acceptors (Lipinski definition) is 4. The average molecular weight is 372 g/mol. The van der Waals surface area contributed by atoms with Gasteiger partial charge in [-0.15, -0.1) is 0 Å². The highest BCUT2D eigenvalue weighted by molar-refractivity contribution is 7.99. The van der Waals surface area contributed by atoms with Crippen LogP contribution >= 0.6 is 11.8 Å². The molecule has 5 nitrogen and oxygen atoms in total. The summed E-state index contributed by atoms with van der Waals surface area (Å²) < 4.78 is 5.75. The van der Waals surface area contributed by atoms with Gasteiger partial charge >= 0.3 is 0 Å². The molecule has 0 atom stereocenters. The van der Waals surface area contributed by atoms with Crippen molar-refractivity contribution < 1.29 is 14.3 Å². The van der Waals surface area contributed by atoms with Crippen molar-refractivity contribution in [2.75, 3.05) is 23.4 Å². The summed E-state index contributed by atoms with van der Waals surface area (Å²) in [5, 5.41) is 2.79. The van der Waals surface area contributed by atoms with Crippen molar-refractivity contribution >= 4 is 29.3 Å². The van der Waals surface area contributed by atoms with Gasteiger partial charge in [0, 0.05) is 11.3 Å². The summed E-state index contributed by atoms with van der Waals surface area (Å²) in [6.45, 7) is 4.73. The Labute approximate surface area is 158 Å². The van der Waals surface area contributed by atoms with E-state index in [0.717, 1.165) is 17.9 Å². The van der Waals surface area contributed by atoms with E-state index < -0.39 is 5.91 Å².